The second-order valence-electron chi connectivity index (χ2n) is 9.98. The summed E-state index contributed by atoms with van der Waals surface area (Å²) in [5.74, 6) is 0.846. The number of rotatable bonds is 12. The molecule has 0 aromatic carbocycles. The van der Waals surface area contributed by atoms with Gasteiger partial charge in [-0.2, -0.15) is 0 Å². The molecule has 4 rings (SSSR count). The first-order valence-electron chi connectivity index (χ1n) is 12.8. The van der Waals surface area contributed by atoms with Gasteiger partial charge in [-0.3, -0.25) is 4.90 Å². The van der Waals surface area contributed by atoms with E-state index in [0.29, 0.717) is 6.61 Å². The molecule has 0 amide bonds. The van der Waals surface area contributed by atoms with Gasteiger partial charge in [0.2, 0.25) is 0 Å². The van der Waals surface area contributed by atoms with Crippen LogP contribution in [-0.2, 0) is 11.3 Å². The van der Waals surface area contributed by atoms with Crippen LogP contribution in [0.5, 0.6) is 0 Å². The number of likely N-dealkylation sites (N-methyl/N-ethyl adjacent to an activating group) is 1. The van der Waals surface area contributed by atoms with Crippen molar-refractivity contribution in [3.8, 4) is 0 Å². The summed E-state index contributed by atoms with van der Waals surface area (Å²) in [4.78, 5) is 13.1. The van der Waals surface area contributed by atoms with E-state index >= 15 is 0 Å². The van der Waals surface area contributed by atoms with Crippen LogP contribution in [0.4, 0.5) is 0 Å². The number of aryl methyl sites for hydroxylation is 1. The van der Waals surface area contributed by atoms with Crippen molar-refractivity contribution in [3.05, 3.63) is 17.5 Å². The highest BCUT2D eigenvalue weighted by molar-refractivity contribution is 5.01. The quantitative estimate of drug-likeness (QED) is 0.443. The van der Waals surface area contributed by atoms with Crippen molar-refractivity contribution in [2.75, 3.05) is 98.7 Å². The van der Waals surface area contributed by atoms with Gasteiger partial charge in [0.1, 0.15) is 11.5 Å². The summed E-state index contributed by atoms with van der Waals surface area (Å²) in [6, 6.07) is 2.76. The first-order chi connectivity index (χ1) is 15.7. The van der Waals surface area contributed by atoms with Crippen LogP contribution >= 0.6 is 0 Å². The fourth-order valence-electron chi connectivity index (χ4n) is 5.10. The maximum Gasteiger partial charge on any atom is 0.134 e. The van der Waals surface area contributed by atoms with Gasteiger partial charge >= 0.3 is 0 Å². The number of unbranched alkanes of at least 4 members (excludes halogenated alkanes) is 1. The zero-order valence-electron chi connectivity index (χ0n) is 20.4. The van der Waals surface area contributed by atoms with Crippen LogP contribution in [0.25, 0.3) is 0 Å². The second kappa shape index (κ2) is 12.4. The molecule has 0 spiro atoms. The van der Waals surface area contributed by atoms with Crippen LogP contribution < -0.4 is 0 Å². The normalized spacial score (nSPS) is 23.1. The molecule has 1 aromatic heterocycles. The molecule has 3 saturated heterocycles. The van der Waals surface area contributed by atoms with Crippen molar-refractivity contribution in [1.82, 2.24) is 29.7 Å². The number of hydrogen-bond donors (Lipinski definition) is 0. The highest BCUT2D eigenvalue weighted by Gasteiger charge is 2.32. The van der Waals surface area contributed by atoms with E-state index < -0.39 is 0 Å². The Labute approximate surface area is 194 Å². The maximum absolute atomic E-state index is 5.70. The molecular weight excluding hydrogens is 404 g/mol. The third-order valence-electron chi connectivity index (χ3n) is 7.35. The number of hydrogen-bond acceptors (Lipinski definition) is 8. The third kappa shape index (κ3) is 7.50. The number of nitrogens with zero attached hydrogens (tertiary/aromatic N) is 6. The zero-order chi connectivity index (χ0) is 22.2. The summed E-state index contributed by atoms with van der Waals surface area (Å²) >= 11 is 0. The fraction of sp³-hybridized carbons (Fsp3) is 0.875. The van der Waals surface area contributed by atoms with Crippen LogP contribution in [0.15, 0.2) is 10.6 Å². The van der Waals surface area contributed by atoms with Gasteiger partial charge in [-0.1, -0.05) is 5.16 Å². The van der Waals surface area contributed by atoms with E-state index in [-0.39, 0.29) is 0 Å². The SMILES string of the molecule is Cc1cc(COCCCCN2CCN(CCCN3CC(N4CCN(C)CC4)C3)CC2)no1. The van der Waals surface area contributed by atoms with E-state index in [1.807, 2.05) is 13.0 Å². The van der Waals surface area contributed by atoms with Crippen molar-refractivity contribution in [1.29, 1.82) is 0 Å². The molecule has 3 fully saturated rings. The summed E-state index contributed by atoms with van der Waals surface area (Å²) in [5.41, 5.74) is 0.891. The lowest BCUT2D eigenvalue weighted by molar-refractivity contribution is 0.00738. The monoisotopic (exact) mass is 448 g/mol. The lowest BCUT2D eigenvalue weighted by Crippen LogP contribution is -2.62. The minimum atomic E-state index is 0.559. The van der Waals surface area contributed by atoms with Gasteiger partial charge in [-0.05, 0) is 52.9 Å². The van der Waals surface area contributed by atoms with Gasteiger partial charge in [0, 0.05) is 84.2 Å². The standard InChI is InChI=1S/C24H44N6O2/c1-22-18-23(25-32-22)21-31-17-4-3-6-27-11-13-28(14-12-27)7-5-8-29-19-24(20-29)30-15-9-26(2)10-16-30/h18,24H,3-17,19-21H2,1-2H3. The van der Waals surface area contributed by atoms with Crippen molar-refractivity contribution >= 4 is 0 Å². The molecule has 8 heteroatoms. The lowest BCUT2D eigenvalue weighted by atomic mass is 10.1. The van der Waals surface area contributed by atoms with Gasteiger partial charge in [-0.15, -0.1) is 0 Å². The van der Waals surface area contributed by atoms with Crippen LogP contribution in [0.2, 0.25) is 0 Å². The highest BCUT2D eigenvalue weighted by atomic mass is 16.5. The van der Waals surface area contributed by atoms with E-state index in [0.717, 1.165) is 30.5 Å². The fourth-order valence-corrected chi connectivity index (χ4v) is 5.10. The first-order valence-corrected chi connectivity index (χ1v) is 12.8. The van der Waals surface area contributed by atoms with Crippen molar-refractivity contribution in [3.63, 3.8) is 0 Å². The second-order valence-corrected chi connectivity index (χ2v) is 9.98. The summed E-state index contributed by atoms with van der Waals surface area (Å²) in [6.45, 7) is 19.5. The van der Waals surface area contributed by atoms with Gasteiger partial charge < -0.3 is 28.9 Å². The number of ether oxygens (including phenoxy) is 1. The summed E-state index contributed by atoms with van der Waals surface area (Å²) in [5, 5.41) is 3.96. The van der Waals surface area contributed by atoms with Crippen LogP contribution in [0.3, 0.4) is 0 Å². The summed E-state index contributed by atoms with van der Waals surface area (Å²) in [7, 11) is 2.24. The Morgan fingerprint density at radius 2 is 1.53 bits per heavy atom. The van der Waals surface area contributed by atoms with Crippen molar-refractivity contribution in [2.45, 2.75) is 38.8 Å². The van der Waals surface area contributed by atoms with Crippen molar-refractivity contribution < 1.29 is 9.26 Å². The zero-order valence-corrected chi connectivity index (χ0v) is 20.4. The van der Waals surface area contributed by atoms with Crippen LogP contribution in [-0.4, -0.2) is 134 Å². The molecule has 0 aliphatic carbocycles. The van der Waals surface area contributed by atoms with E-state index in [4.69, 9.17) is 9.26 Å². The first kappa shape index (κ1) is 24.1. The topological polar surface area (TPSA) is 51.5 Å². The Morgan fingerprint density at radius 3 is 2.19 bits per heavy atom. The number of likely N-dealkylation sites (tertiary alicyclic amines) is 1. The highest BCUT2D eigenvalue weighted by Crippen LogP contribution is 2.17. The van der Waals surface area contributed by atoms with Crippen LogP contribution in [0, 0.1) is 6.92 Å². The smallest absolute Gasteiger partial charge is 0.134 e. The molecular formula is C24H44N6O2. The van der Waals surface area contributed by atoms with E-state index in [9.17, 15) is 0 Å². The minimum Gasteiger partial charge on any atom is -0.375 e. The molecule has 3 aliphatic rings. The molecule has 0 saturated carbocycles. The lowest BCUT2D eigenvalue weighted by Gasteiger charge is -2.48. The molecule has 0 atom stereocenters. The maximum atomic E-state index is 5.70. The molecule has 0 unspecified atom stereocenters. The van der Waals surface area contributed by atoms with Crippen LogP contribution in [0.1, 0.15) is 30.7 Å². The van der Waals surface area contributed by atoms with Gasteiger partial charge in [-0.25, -0.2) is 0 Å². The third-order valence-corrected chi connectivity index (χ3v) is 7.35. The van der Waals surface area contributed by atoms with Gasteiger partial charge in [0.25, 0.3) is 0 Å². The molecule has 8 nitrogen and oxygen atoms in total. The van der Waals surface area contributed by atoms with E-state index in [1.54, 1.807) is 0 Å². The average molecular weight is 449 g/mol. The van der Waals surface area contributed by atoms with Gasteiger partial charge in [0.15, 0.2) is 0 Å². The van der Waals surface area contributed by atoms with Gasteiger partial charge in [0.05, 0.1) is 6.61 Å². The van der Waals surface area contributed by atoms with E-state index in [2.05, 4.69) is 36.7 Å². The minimum absolute atomic E-state index is 0.559. The molecule has 0 bridgehead atoms. The summed E-state index contributed by atoms with van der Waals surface area (Å²) < 4.78 is 10.8. The van der Waals surface area contributed by atoms with Crippen molar-refractivity contribution in [2.24, 2.45) is 0 Å². The number of piperazine rings is 2. The predicted molar refractivity (Wildman–Crippen MR) is 127 cm³/mol. The Hall–Kier alpha value is -1.03. The Kier molecular flexibility index (Phi) is 9.37. The Bertz CT molecular complexity index is 649. The molecule has 1 aromatic rings. The average Bonchev–Trinajstić information content (AvgIpc) is 3.19. The predicted octanol–water partition coefficient (Wildman–Crippen LogP) is 1.22. The Morgan fingerprint density at radius 1 is 0.875 bits per heavy atom. The molecule has 3 aliphatic heterocycles. The number of aromatic nitrogens is 1. The molecule has 4 heterocycles. The Balaban J connectivity index is 0.957. The summed E-state index contributed by atoms with van der Waals surface area (Å²) in [6.07, 6.45) is 3.64. The molecule has 182 valence electrons. The molecule has 32 heavy (non-hydrogen) atoms. The molecule has 0 N–H and O–H groups in total. The largest absolute Gasteiger partial charge is 0.375 e. The molecule has 0 radical (unpaired) electrons. The van der Waals surface area contributed by atoms with E-state index in [1.165, 1.54) is 97.9 Å².